The summed E-state index contributed by atoms with van der Waals surface area (Å²) in [5.74, 6) is 0.778. The Morgan fingerprint density at radius 1 is 1.26 bits per heavy atom. The first kappa shape index (κ1) is 13.6. The lowest BCUT2D eigenvalue weighted by Gasteiger charge is -2.16. The summed E-state index contributed by atoms with van der Waals surface area (Å²) in [4.78, 5) is 0.129. The SMILES string of the molecule is Cc1c(NC(C)c2ccco2)cccc1S(N)(=O)=O. The van der Waals surface area contributed by atoms with Crippen LogP contribution in [0.5, 0.6) is 0 Å². The first-order valence-corrected chi connectivity index (χ1v) is 7.36. The zero-order valence-electron chi connectivity index (χ0n) is 10.8. The van der Waals surface area contributed by atoms with Crippen LogP contribution in [0, 0.1) is 6.92 Å². The molecule has 0 fully saturated rings. The summed E-state index contributed by atoms with van der Waals surface area (Å²) in [5, 5.41) is 8.39. The maximum atomic E-state index is 11.5. The maximum absolute atomic E-state index is 11.5. The van der Waals surface area contributed by atoms with E-state index in [1.165, 1.54) is 6.07 Å². The fourth-order valence-electron chi connectivity index (χ4n) is 1.92. The number of benzene rings is 1. The molecule has 0 spiro atoms. The molecule has 0 aliphatic rings. The number of sulfonamides is 1. The van der Waals surface area contributed by atoms with E-state index in [0.717, 1.165) is 11.4 Å². The molecule has 2 rings (SSSR count). The van der Waals surface area contributed by atoms with Crippen molar-refractivity contribution in [3.8, 4) is 0 Å². The topological polar surface area (TPSA) is 85.3 Å². The lowest BCUT2D eigenvalue weighted by Crippen LogP contribution is -2.15. The fraction of sp³-hybridized carbons (Fsp3) is 0.231. The van der Waals surface area contributed by atoms with Crippen LogP contribution >= 0.6 is 0 Å². The molecule has 0 saturated carbocycles. The Labute approximate surface area is 112 Å². The highest BCUT2D eigenvalue weighted by Crippen LogP contribution is 2.26. The molecule has 3 N–H and O–H groups in total. The minimum Gasteiger partial charge on any atom is -0.467 e. The Morgan fingerprint density at radius 3 is 2.58 bits per heavy atom. The largest absolute Gasteiger partial charge is 0.467 e. The van der Waals surface area contributed by atoms with E-state index in [-0.39, 0.29) is 10.9 Å². The van der Waals surface area contributed by atoms with E-state index in [0.29, 0.717) is 5.56 Å². The molecule has 2 aromatic rings. The number of hydrogen-bond acceptors (Lipinski definition) is 4. The highest BCUT2D eigenvalue weighted by Gasteiger charge is 2.15. The van der Waals surface area contributed by atoms with Crippen molar-refractivity contribution in [1.29, 1.82) is 0 Å². The van der Waals surface area contributed by atoms with Gasteiger partial charge in [-0.15, -0.1) is 0 Å². The predicted molar refractivity (Wildman–Crippen MR) is 73.3 cm³/mol. The van der Waals surface area contributed by atoms with Crippen molar-refractivity contribution < 1.29 is 12.8 Å². The predicted octanol–water partition coefficient (Wildman–Crippen LogP) is 2.41. The number of hydrogen-bond donors (Lipinski definition) is 2. The van der Waals surface area contributed by atoms with Gasteiger partial charge >= 0.3 is 0 Å². The van der Waals surface area contributed by atoms with Gasteiger partial charge in [-0.1, -0.05) is 6.07 Å². The summed E-state index contributed by atoms with van der Waals surface area (Å²) >= 11 is 0. The third kappa shape index (κ3) is 2.97. The molecule has 1 unspecified atom stereocenters. The summed E-state index contributed by atoms with van der Waals surface area (Å²) in [6, 6.07) is 8.56. The first-order chi connectivity index (χ1) is 8.89. The van der Waals surface area contributed by atoms with Crippen LogP contribution in [-0.2, 0) is 10.0 Å². The first-order valence-electron chi connectivity index (χ1n) is 5.82. The average molecular weight is 280 g/mol. The van der Waals surface area contributed by atoms with E-state index in [1.54, 1.807) is 25.3 Å². The number of nitrogens with one attached hydrogen (secondary N) is 1. The van der Waals surface area contributed by atoms with Gasteiger partial charge in [0.2, 0.25) is 10.0 Å². The van der Waals surface area contributed by atoms with Gasteiger partial charge < -0.3 is 9.73 Å². The van der Waals surface area contributed by atoms with Gasteiger partial charge in [-0.2, -0.15) is 0 Å². The molecule has 6 heteroatoms. The van der Waals surface area contributed by atoms with Crippen LogP contribution in [0.4, 0.5) is 5.69 Å². The Balaban J connectivity index is 2.32. The van der Waals surface area contributed by atoms with Gasteiger partial charge in [-0.3, -0.25) is 0 Å². The molecule has 1 aromatic carbocycles. The van der Waals surface area contributed by atoms with Gasteiger partial charge in [0.1, 0.15) is 5.76 Å². The molecule has 1 heterocycles. The second-order valence-corrected chi connectivity index (χ2v) is 5.89. The van der Waals surface area contributed by atoms with Crippen LogP contribution in [0.25, 0.3) is 0 Å². The normalized spacial score (nSPS) is 13.2. The third-order valence-corrected chi connectivity index (χ3v) is 3.99. The highest BCUT2D eigenvalue weighted by molar-refractivity contribution is 7.89. The number of nitrogens with two attached hydrogens (primary N) is 1. The maximum Gasteiger partial charge on any atom is 0.238 e. The molecule has 1 atom stereocenters. The Hall–Kier alpha value is -1.79. The van der Waals surface area contributed by atoms with Crippen molar-refractivity contribution in [2.75, 3.05) is 5.32 Å². The van der Waals surface area contributed by atoms with Crippen molar-refractivity contribution in [2.24, 2.45) is 5.14 Å². The van der Waals surface area contributed by atoms with Gasteiger partial charge in [-0.05, 0) is 43.7 Å². The van der Waals surface area contributed by atoms with Crippen molar-refractivity contribution in [3.05, 3.63) is 47.9 Å². The van der Waals surface area contributed by atoms with E-state index in [1.807, 2.05) is 19.1 Å². The monoisotopic (exact) mass is 280 g/mol. The molecule has 0 aliphatic heterocycles. The number of rotatable bonds is 4. The molecular weight excluding hydrogens is 264 g/mol. The smallest absolute Gasteiger partial charge is 0.238 e. The van der Waals surface area contributed by atoms with Crippen molar-refractivity contribution >= 4 is 15.7 Å². The standard InChI is InChI=1S/C13H16N2O3S/c1-9-11(5-3-7-13(9)19(14,16)17)15-10(2)12-6-4-8-18-12/h3-8,10,15H,1-2H3,(H2,14,16,17). The highest BCUT2D eigenvalue weighted by atomic mass is 32.2. The lowest BCUT2D eigenvalue weighted by molar-refractivity contribution is 0.490. The minimum absolute atomic E-state index is 0.0653. The van der Waals surface area contributed by atoms with E-state index >= 15 is 0 Å². The number of anilines is 1. The summed E-state index contributed by atoms with van der Waals surface area (Å²) in [6.45, 7) is 3.65. The van der Waals surface area contributed by atoms with Gasteiger partial charge in [0.25, 0.3) is 0 Å². The van der Waals surface area contributed by atoms with Crippen LogP contribution in [0.2, 0.25) is 0 Å². The molecular formula is C13H16N2O3S. The molecule has 1 aromatic heterocycles. The molecule has 102 valence electrons. The zero-order chi connectivity index (χ0) is 14.0. The van der Waals surface area contributed by atoms with Crippen LogP contribution in [0.15, 0.2) is 45.9 Å². The van der Waals surface area contributed by atoms with Gasteiger partial charge in [0.05, 0.1) is 17.2 Å². The number of primary sulfonamides is 1. The third-order valence-electron chi connectivity index (χ3n) is 2.93. The molecule has 0 saturated heterocycles. The lowest BCUT2D eigenvalue weighted by atomic mass is 10.1. The van der Waals surface area contributed by atoms with E-state index in [2.05, 4.69) is 5.32 Å². The van der Waals surface area contributed by atoms with Crippen LogP contribution < -0.4 is 10.5 Å². The quantitative estimate of drug-likeness (QED) is 0.900. The van der Waals surface area contributed by atoms with Crippen molar-refractivity contribution in [1.82, 2.24) is 0 Å². The molecule has 0 radical (unpaired) electrons. The Bertz CT molecular complexity index is 663. The van der Waals surface area contributed by atoms with E-state index in [4.69, 9.17) is 9.56 Å². The van der Waals surface area contributed by atoms with E-state index < -0.39 is 10.0 Å². The summed E-state index contributed by atoms with van der Waals surface area (Å²) < 4.78 is 28.2. The molecule has 0 bridgehead atoms. The van der Waals surface area contributed by atoms with Gasteiger partial charge in [-0.25, -0.2) is 13.6 Å². The molecule has 5 nitrogen and oxygen atoms in total. The zero-order valence-corrected chi connectivity index (χ0v) is 11.6. The fourth-order valence-corrected chi connectivity index (χ4v) is 2.73. The molecule has 0 aliphatic carbocycles. The van der Waals surface area contributed by atoms with Crippen molar-refractivity contribution in [2.45, 2.75) is 24.8 Å². The molecule has 0 amide bonds. The average Bonchev–Trinajstić information content (AvgIpc) is 2.83. The Morgan fingerprint density at radius 2 is 2.00 bits per heavy atom. The van der Waals surface area contributed by atoms with E-state index in [9.17, 15) is 8.42 Å². The van der Waals surface area contributed by atoms with Crippen LogP contribution in [0.1, 0.15) is 24.3 Å². The molecule has 19 heavy (non-hydrogen) atoms. The van der Waals surface area contributed by atoms with Crippen molar-refractivity contribution in [3.63, 3.8) is 0 Å². The van der Waals surface area contributed by atoms with Crippen LogP contribution in [0.3, 0.4) is 0 Å². The second kappa shape index (κ2) is 5.07. The van der Waals surface area contributed by atoms with Gasteiger partial charge in [0.15, 0.2) is 0 Å². The summed E-state index contributed by atoms with van der Waals surface area (Å²) in [6.07, 6.45) is 1.60. The van der Waals surface area contributed by atoms with Gasteiger partial charge in [0, 0.05) is 5.69 Å². The summed E-state index contributed by atoms with van der Waals surface area (Å²) in [5.41, 5.74) is 1.32. The summed E-state index contributed by atoms with van der Waals surface area (Å²) in [7, 11) is -3.71. The Kier molecular flexibility index (Phi) is 3.64. The second-order valence-electron chi connectivity index (χ2n) is 4.36. The minimum atomic E-state index is -3.71. The number of furan rings is 1. The van der Waals surface area contributed by atoms with Crippen LogP contribution in [-0.4, -0.2) is 8.42 Å².